The highest BCUT2D eigenvalue weighted by Gasteiger charge is 2.27. The molecule has 0 heterocycles. The standard InChI is InChI=1S/C9H16F3NO3/c1-6(3-14)7(2)13-8(15)4-16-5-9(10,11)12/h6-7,14H,3-5H2,1-2H3,(H,13,15). The van der Waals surface area contributed by atoms with Gasteiger partial charge in [-0.05, 0) is 12.8 Å². The molecule has 0 aromatic carbocycles. The lowest BCUT2D eigenvalue weighted by molar-refractivity contribution is -0.175. The van der Waals surface area contributed by atoms with E-state index in [1.807, 2.05) is 0 Å². The van der Waals surface area contributed by atoms with Crippen LogP contribution in [0.1, 0.15) is 13.8 Å². The zero-order valence-corrected chi connectivity index (χ0v) is 9.17. The van der Waals surface area contributed by atoms with Crippen LogP contribution in [0.5, 0.6) is 0 Å². The van der Waals surface area contributed by atoms with Crippen molar-refractivity contribution in [2.24, 2.45) is 5.92 Å². The molecule has 7 heteroatoms. The third-order valence-corrected chi connectivity index (χ3v) is 2.03. The van der Waals surface area contributed by atoms with Gasteiger partial charge in [-0.1, -0.05) is 6.92 Å². The molecule has 1 amide bonds. The monoisotopic (exact) mass is 243 g/mol. The summed E-state index contributed by atoms with van der Waals surface area (Å²) >= 11 is 0. The SMILES string of the molecule is CC(CO)C(C)NC(=O)COCC(F)(F)F. The van der Waals surface area contributed by atoms with Gasteiger partial charge < -0.3 is 15.2 Å². The Bertz CT molecular complexity index is 221. The number of carbonyl (C=O) groups is 1. The first-order valence-corrected chi connectivity index (χ1v) is 4.81. The Morgan fingerprint density at radius 2 is 2.00 bits per heavy atom. The third-order valence-electron chi connectivity index (χ3n) is 2.03. The van der Waals surface area contributed by atoms with Crippen LogP contribution in [0.2, 0.25) is 0 Å². The molecule has 2 N–H and O–H groups in total. The first-order valence-electron chi connectivity index (χ1n) is 4.81. The van der Waals surface area contributed by atoms with Crippen LogP contribution in [-0.4, -0.2) is 43.1 Å². The molecule has 0 bridgehead atoms. The summed E-state index contributed by atoms with van der Waals surface area (Å²) in [6, 6.07) is -0.313. The number of amides is 1. The number of carbonyl (C=O) groups excluding carboxylic acids is 1. The predicted molar refractivity (Wildman–Crippen MR) is 50.7 cm³/mol. The van der Waals surface area contributed by atoms with Gasteiger partial charge in [0.05, 0.1) is 0 Å². The van der Waals surface area contributed by atoms with Crippen LogP contribution < -0.4 is 5.32 Å². The van der Waals surface area contributed by atoms with Crippen LogP contribution >= 0.6 is 0 Å². The van der Waals surface area contributed by atoms with Gasteiger partial charge in [0.25, 0.3) is 0 Å². The lowest BCUT2D eigenvalue weighted by Gasteiger charge is -2.19. The maximum Gasteiger partial charge on any atom is 0.411 e. The van der Waals surface area contributed by atoms with Crippen molar-refractivity contribution < 1.29 is 27.8 Å². The summed E-state index contributed by atoms with van der Waals surface area (Å²) in [5, 5.41) is 11.2. The fourth-order valence-electron chi connectivity index (χ4n) is 0.855. The van der Waals surface area contributed by atoms with E-state index >= 15 is 0 Å². The second kappa shape index (κ2) is 6.70. The van der Waals surface area contributed by atoms with E-state index < -0.39 is 25.3 Å². The molecule has 0 aliphatic heterocycles. The third kappa shape index (κ3) is 7.47. The largest absolute Gasteiger partial charge is 0.411 e. The van der Waals surface area contributed by atoms with Gasteiger partial charge >= 0.3 is 6.18 Å². The first-order chi connectivity index (χ1) is 7.26. The molecular weight excluding hydrogens is 227 g/mol. The van der Waals surface area contributed by atoms with Gasteiger partial charge in [-0.2, -0.15) is 13.2 Å². The lowest BCUT2D eigenvalue weighted by Crippen LogP contribution is -2.40. The quantitative estimate of drug-likeness (QED) is 0.722. The van der Waals surface area contributed by atoms with Crippen molar-refractivity contribution in [2.75, 3.05) is 19.8 Å². The number of hydrogen-bond acceptors (Lipinski definition) is 3. The number of rotatable bonds is 6. The highest BCUT2D eigenvalue weighted by Crippen LogP contribution is 2.14. The van der Waals surface area contributed by atoms with Crippen LogP contribution in [0, 0.1) is 5.92 Å². The zero-order valence-electron chi connectivity index (χ0n) is 9.17. The van der Waals surface area contributed by atoms with Crippen molar-refractivity contribution in [3.63, 3.8) is 0 Å². The van der Waals surface area contributed by atoms with E-state index in [4.69, 9.17) is 5.11 Å². The number of halogens is 3. The van der Waals surface area contributed by atoms with E-state index in [2.05, 4.69) is 10.1 Å². The number of nitrogens with one attached hydrogen (secondary N) is 1. The van der Waals surface area contributed by atoms with Gasteiger partial charge in [-0.25, -0.2) is 0 Å². The fraction of sp³-hybridized carbons (Fsp3) is 0.889. The van der Waals surface area contributed by atoms with Crippen molar-refractivity contribution in [2.45, 2.75) is 26.1 Å². The Balaban J connectivity index is 3.75. The molecule has 0 aliphatic carbocycles. The molecule has 2 unspecified atom stereocenters. The number of hydrogen-bond donors (Lipinski definition) is 2. The molecule has 16 heavy (non-hydrogen) atoms. The van der Waals surface area contributed by atoms with Crippen molar-refractivity contribution in [1.29, 1.82) is 0 Å². The highest BCUT2D eigenvalue weighted by molar-refractivity contribution is 5.77. The molecule has 0 saturated heterocycles. The summed E-state index contributed by atoms with van der Waals surface area (Å²) < 4.78 is 39.2. The number of aliphatic hydroxyl groups is 1. The Morgan fingerprint density at radius 3 is 2.44 bits per heavy atom. The zero-order chi connectivity index (χ0) is 12.8. The molecule has 0 aromatic rings. The van der Waals surface area contributed by atoms with Gasteiger partial charge in [-0.15, -0.1) is 0 Å². The number of aliphatic hydroxyl groups excluding tert-OH is 1. The molecule has 4 nitrogen and oxygen atoms in total. The van der Waals surface area contributed by atoms with Crippen molar-refractivity contribution >= 4 is 5.91 Å². The fourth-order valence-corrected chi connectivity index (χ4v) is 0.855. The molecule has 0 rings (SSSR count). The predicted octanol–water partition coefficient (Wildman–Crippen LogP) is 0.698. The maximum atomic E-state index is 11.7. The number of ether oxygens (including phenoxy) is 1. The van der Waals surface area contributed by atoms with Crippen LogP contribution in [0.4, 0.5) is 13.2 Å². The number of alkyl halides is 3. The smallest absolute Gasteiger partial charge is 0.396 e. The van der Waals surface area contributed by atoms with Gasteiger partial charge in [0.2, 0.25) is 5.91 Å². The molecule has 2 atom stereocenters. The summed E-state index contributed by atoms with van der Waals surface area (Å²) in [5.41, 5.74) is 0. The average molecular weight is 243 g/mol. The summed E-state index contributed by atoms with van der Waals surface area (Å²) in [6.45, 7) is 1.18. The van der Waals surface area contributed by atoms with E-state index in [-0.39, 0.29) is 18.6 Å². The Morgan fingerprint density at radius 1 is 1.44 bits per heavy atom. The van der Waals surface area contributed by atoms with Gasteiger partial charge in [0.1, 0.15) is 13.2 Å². The van der Waals surface area contributed by atoms with E-state index in [0.717, 1.165) is 0 Å². The van der Waals surface area contributed by atoms with Crippen molar-refractivity contribution in [3.8, 4) is 0 Å². The minimum absolute atomic E-state index is 0.106. The van der Waals surface area contributed by atoms with Crippen molar-refractivity contribution in [1.82, 2.24) is 5.32 Å². The minimum atomic E-state index is -4.43. The van der Waals surface area contributed by atoms with E-state index in [1.54, 1.807) is 13.8 Å². The normalized spacial score (nSPS) is 15.6. The van der Waals surface area contributed by atoms with E-state index in [9.17, 15) is 18.0 Å². The van der Waals surface area contributed by atoms with Gasteiger partial charge in [0.15, 0.2) is 0 Å². The lowest BCUT2D eigenvalue weighted by atomic mass is 10.1. The second-order valence-corrected chi connectivity index (χ2v) is 3.62. The molecule has 0 aromatic heterocycles. The van der Waals surface area contributed by atoms with E-state index in [0.29, 0.717) is 0 Å². The molecule has 0 fully saturated rings. The summed E-state index contributed by atoms with van der Waals surface area (Å²) in [7, 11) is 0. The Hall–Kier alpha value is -0.820. The Kier molecular flexibility index (Phi) is 6.35. The minimum Gasteiger partial charge on any atom is -0.396 e. The summed E-state index contributed by atoms with van der Waals surface area (Å²) in [6.07, 6.45) is -4.43. The van der Waals surface area contributed by atoms with Crippen LogP contribution in [-0.2, 0) is 9.53 Å². The molecular formula is C9H16F3NO3. The van der Waals surface area contributed by atoms with Crippen LogP contribution in [0.25, 0.3) is 0 Å². The second-order valence-electron chi connectivity index (χ2n) is 3.62. The molecule has 0 spiro atoms. The maximum absolute atomic E-state index is 11.7. The molecule has 96 valence electrons. The first kappa shape index (κ1) is 15.2. The molecule has 0 saturated carbocycles. The van der Waals surface area contributed by atoms with Gasteiger partial charge in [-0.3, -0.25) is 4.79 Å². The average Bonchev–Trinajstić information content (AvgIpc) is 2.14. The topological polar surface area (TPSA) is 58.6 Å². The molecule has 0 aliphatic rings. The Labute approximate surface area is 91.8 Å². The van der Waals surface area contributed by atoms with Crippen LogP contribution in [0.15, 0.2) is 0 Å². The van der Waals surface area contributed by atoms with E-state index in [1.165, 1.54) is 0 Å². The highest BCUT2D eigenvalue weighted by atomic mass is 19.4. The van der Waals surface area contributed by atoms with Crippen molar-refractivity contribution in [3.05, 3.63) is 0 Å². The van der Waals surface area contributed by atoms with Gasteiger partial charge in [0, 0.05) is 12.6 Å². The van der Waals surface area contributed by atoms with Crippen LogP contribution in [0.3, 0.4) is 0 Å². The summed E-state index contributed by atoms with van der Waals surface area (Å²) in [4.78, 5) is 11.1. The summed E-state index contributed by atoms with van der Waals surface area (Å²) in [5.74, 6) is -0.788. The molecule has 0 radical (unpaired) electrons.